The molecule has 0 fully saturated rings. The van der Waals surface area contributed by atoms with Crippen LogP contribution in [0.15, 0.2) is 6.07 Å². The summed E-state index contributed by atoms with van der Waals surface area (Å²) >= 11 is 0. The number of benzene rings is 1. The molecule has 0 atom stereocenters. The van der Waals surface area contributed by atoms with Crippen LogP contribution in [-0.2, 0) is 12.8 Å². The number of ether oxygens (including phenoxy) is 1. The third-order valence-electron chi connectivity index (χ3n) is 2.86. The zero-order valence-corrected chi connectivity index (χ0v) is 8.92. The summed E-state index contributed by atoms with van der Waals surface area (Å²) in [5.74, 6) is 1.27. The Labute approximate surface area is 89.3 Å². The topological polar surface area (TPSA) is 49.7 Å². The van der Waals surface area contributed by atoms with E-state index in [1.54, 1.807) is 0 Å². The van der Waals surface area contributed by atoms with Gasteiger partial charge >= 0.3 is 0 Å². The number of hydrogen-bond acceptors (Lipinski definition) is 3. The number of aliphatic hydroxyl groups excluding tert-OH is 1. The molecule has 15 heavy (non-hydrogen) atoms. The van der Waals surface area contributed by atoms with Crippen molar-refractivity contribution in [2.24, 2.45) is 0 Å². The molecular formula is C12H16O3. The Morgan fingerprint density at radius 1 is 1.47 bits per heavy atom. The van der Waals surface area contributed by atoms with Crippen molar-refractivity contribution in [1.29, 1.82) is 0 Å². The molecule has 82 valence electrons. The van der Waals surface area contributed by atoms with Gasteiger partial charge in [0.15, 0.2) is 0 Å². The summed E-state index contributed by atoms with van der Waals surface area (Å²) in [6, 6.07) is 1.89. The number of aromatic hydroxyl groups is 1. The molecule has 0 aromatic heterocycles. The van der Waals surface area contributed by atoms with Crippen LogP contribution in [0.4, 0.5) is 0 Å². The van der Waals surface area contributed by atoms with Crippen LogP contribution >= 0.6 is 0 Å². The fourth-order valence-electron chi connectivity index (χ4n) is 2.07. The second-order valence-electron chi connectivity index (χ2n) is 3.92. The third kappa shape index (κ3) is 1.79. The zero-order chi connectivity index (χ0) is 10.8. The lowest BCUT2D eigenvalue weighted by Gasteiger charge is -2.11. The summed E-state index contributed by atoms with van der Waals surface area (Å²) in [6.45, 7) is 2.73. The van der Waals surface area contributed by atoms with Crippen molar-refractivity contribution in [3.8, 4) is 11.5 Å². The molecule has 2 N–H and O–H groups in total. The summed E-state index contributed by atoms with van der Waals surface area (Å²) in [6.07, 6.45) is 2.27. The zero-order valence-electron chi connectivity index (χ0n) is 8.92. The molecule has 0 amide bonds. The second kappa shape index (κ2) is 4.11. The Bertz CT molecular complexity index is 372. The SMILES string of the molecule is Cc1cc2c(c(CCCO)c1O)CCO2. The van der Waals surface area contributed by atoms with Crippen LogP contribution in [0, 0.1) is 6.92 Å². The van der Waals surface area contributed by atoms with Gasteiger partial charge in [0, 0.05) is 24.2 Å². The standard InChI is InChI=1S/C12H16O3/c1-8-7-11-9(4-6-15-11)10(12(8)14)3-2-5-13/h7,13-14H,2-6H2,1H3. The van der Waals surface area contributed by atoms with E-state index in [1.165, 1.54) is 0 Å². The summed E-state index contributed by atoms with van der Waals surface area (Å²) in [5.41, 5.74) is 2.92. The van der Waals surface area contributed by atoms with Crippen LogP contribution in [0.1, 0.15) is 23.1 Å². The highest BCUT2D eigenvalue weighted by molar-refractivity contribution is 5.54. The number of phenolic OH excluding ortho intramolecular Hbond substituents is 1. The van der Waals surface area contributed by atoms with Gasteiger partial charge in [-0.3, -0.25) is 0 Å². The first-order valence-electron chi connectivity index (χ1n) is 5.32. The van der Waals surface area contributed by atoms with Gasteiger partial charge in [0.05, 0.1) is 6.61 Å². The van der Waals surface area contributed by atoms with Crippen LogP contribution in [-0.4, -0.2) is 23.4 Å². The van der Waals surface area contributed by atoms with E-state index in [0.717, 1.165) is 35.3 Å². The maximum atomic E-state index is 9.95. The van der Waals surface area contributed by atoms with Crippen molar-refractivity contribution in [3.05, 3.63) is 22.8 Å². The largest absolute Gasteiger partial charge is 0.507 e. The first-order chi connectivity index (χ1) is 7.24. The van der Waals surface area contributed by atoms with E-state index in [-0.39, 0.29) is 6.61 Å². The Kier molecular flexibility index (Phi) is 2.82. The van der Waals surface area contributed by atoms with E-state index >= 15 is 0 Å². The van der Waals surface area contributed by atoms with Crippen LogP contribution in [0.2, 0.25) is 0 Å². The lowest BCUT2D eigenvalue weighted by Crippen LogP contribution is -1.96. The van der Waals surface area contributed by atoms with Crippen molar-refractivity contribution in [1.82, 2.24) is 0 Å². The number of aliphatic hydroxyl groups is 1. The average molecular weight is 208 g/mol. The minimum Gasteiger partial charge on any atom is -0.507 e. The van der Waals surface area contributed by atoms with Crippen LogP contribution in [0.5, 0.6) is 11.5 Å². The predicted octanol–water partition coefficient (Wildman–Crippen LogP) is 1.56. The average Bonchev–Trinajstić information content (AvgIpc) is 2.66. The third-order valence-corrected chi connectivity index (χ3v) is 2.86. The summed E-state index contributed by atoms with van der Waals surface area (Å²) in [7, 11) is 0. The van der Waals surface area contributed by atoms with Crippen molar-refractivity contribution in [2.75, 3.05) is 13.2 Å². The number of phenols is 1. The lowest BCUT2D eigenvalue weighted by atomic mass is 9.97. The molecule has 3 heteroatoms. The minimum absolute atomic E-state index is 0.156. The summed E-state index contributed by atoms with van der Waals surface area (Å²) < 4.78 is 5.48. The van der Waals surface area contributed by atoms with Crippen molar-refractivity contribution in [2.45, 2.75) is 26.2 Å². The number of hydrogen-bond donors (Lipinski definition) is 2. The van der Waals surface area contributed by atoms with Crippen molar-refractivity contribution < 1.29 is 14.9 Å². The lowest BCUT2D eigenvalue weighted by molar-refractivity contribution is 0.288. The fourth-order valence-corrected chi connectivity index (χ4v) is 2.07. The molecule has 0 saturated heterocycles. The highest BCUT2D eigenvalue weighted by atomic mass is 16.5. The van der Waals surface area contributed by atoms with E-state index in [2.05, 4.69) is 0 Å². The van der Waals surface area contributed by atoms with E-state index in [0.29, 0.717) is 18.8 Å². The van der Waals surface area contributed by atoms with Crippen molar-refractivity contribution >= 4 is 0 Å². The summed E-state index contributed by atoms with van der Waals surface area (Å²) in [4.78, 5) is 0. The maximum Gasteiger partial charge on any atom is 0.123 e. The highest BCUT2D eigenvalue weighted by Crippen LogP contribution is 2.37. The fraction of sp³-hybridized carbons (Fsp3) is 0.500. The van der Waals surface area contributed by atoms with Gasteiger partial charge in [0.1, 0.15) is 11.5 Å². The molecule has 0 spiro atoms. The molecule has 1 aromatic carbocycles. The predicted molar refractivity (Wildman–Crippen MR) is 57.4 cm³/mol. The normalized spacial score (nSPS) is 13.7. The molecule has 3 nitrogen and oxygen atoms in total. The summed E-state index contributed by atoms with van der Waals surface area (Å²) in [5, 5.41) is 18.8. The van der Waals surface area contributed by atoms with Crippen LogP contribution in [0.25, 0.3) is 0 Å². The van der Waals surface area contributed by atoms with Crippen molar-refractivity contribution in [3.63, 3.8) is 0 Å². The minimum atomic E-state index is 0.156. The second-order valence-corrected chi connectivity index (χ2v) is 3.92. The molecule has 1 aliphatic heterocycles. The van der Waals surface area contributed by atoms with Gasteiger partial charge in [-0.25, -0.2) is 0 Å². The Morgan fingerprint density at radius 3 is 3.00 bits per heavy atom. The quantitative estimate of drug-likeness (QED) is 0.792. The monoisotopic (exact) mass is 208 g/mol. The molecule has 1 heterocycles. The molecule has 1 aromatic rings. The molecular weight excluding hydrogens is 192 g/mol. The number of rotatable bonds is 3. The Hall–Kier alpha value is -1.22. The molecule has 0 saturated carbocycles. The van der Waals surface area contributed by atoms with Crippen LogP contribution < -0.4 is 4.74 Å². The van der Waals surface area contributed by atoms with E-state index in [9.17, 15) is 5.11 Å². The first kappa shape index (κ1) is 10.3. The molecule has 2 rings (SSSR count). The Morgan fingerprint density at radius 2 is 2.27 bits per heavy atom. The number of fused-ring (bicyclic) bond motifs is 1. The Balaban J connectivity index is 2.41. The molecule has 0 aliphatic carbocycles. The smallest absolute Gasteiger partial charge is 0.123 e. The van der Waals surface area contributed by atoms with Gasteiger partial charge in [0.25, 0.3) is 0 Å². The van der Waals surface area contributed by atoms with Gasteiger partial charge in [-0.2, -0.15) is 0 Å². The highest BCUT2D eigenvalue weighted by Gasteiger charge is 2.20. The van der Waals surface area contributed by atoms with E-state index < -0.39 is 0 Å². The van der Waals surface area contributed by atoms with Crippen LogP contribution in [0.3, 0.4) is 0 Å². The van der Waals surface area contributed by atoms with Gasteiger partial charge in [-0.05, 0) is 31.4 Å². The van der Waals surface area contributed by atoms with Gasteiger partial charge in [-0.15, -0.1) is 0 Å². The van der Waals surface area contributed by atoms with E-state index in [4.69, 9.17) is 9.84 Å². The molecule has 0 bridgehead atoms. The number of aryl methyl sites for hydroxylation is 1. The molecule has 0 radical (unpaired) electrons. The maximum absolute atomic E-state index is 9.95. The molecule has 1 aliphatic rings. The van der Waals surface area contributed by atoms with Gasteiger partial charge in [0.2, 0.25) is 0 Å². The van der Waals surface area contributed by atoms with E-state index in [1.807, 2.05) is 13.0 Å². The first-order valence-corrected chi connectivity index (χ1v) is 5.32. The molecule has 0 unspecified atom stereocenters. The van der Waals surface area contributed by atoms with Gasteiger partial charge < -0.3 is 14.9 Å². The van der Waals surface area contributed by atoms with Gasteiger partial charge in [-0.1, -0.05) is 0 Å².